The van der Waals surface area contributed by atoms with Gasteiger partial charge in [0.05, 0.1) is 6.42 Å². The van der Waals surface area contributed by atoms with E-state index >= 15 is 0 Å². The van der Waals surface area contributed by atoms with E-state index in [9.17, 15) is 9.59 Å². The molecule has 0 aromatic heterocycles. The molecule has 0 heterocycles. The van der Waals surface area contributed by atoms with E-state index in [4.69, 9.17) is 5.11 Å². The van der Waals surface area contributed by atoms with Gasteiger partial charge in [-0.2, -0.15) is 0 Å². The highest BCUT2D eigenvalue weighted by Crippen LogP contribution is 2.23. The first-order chi connectivity index (χ1) is 10.0. The summed E-state index contributed by atoms with van der Waals surface area (Å²) >= 11 is 0. The zero-order valence-corrected chi connectivity index (χ0v) is 12.8. The molecule has 1 amide bonds. The van der Waals surface area contributed by atoms with E-state index in [0.717, 1.165) is 12.8 Å². The number of aryl methyl sites for hydroxylation is 2. The van der Waals surface area contributed by atoms with E-state index in [-0.39, 0.29) is 18.4 Å². The number of hydrogen-bond acceptors (Lipinski definition) is 2. The predicted octanol–water partition coefficient (Wildman–Crippen LogP) is 2.89. The Kier molecular flexibility index (Phi) is 4.99. The Balaban J connectivity index is 2.19. The van der Waals surface area contributed by atoms with Gasteiger partial charge >= 0.3 is 5.97 Å². The van der Waals surface area contributed by atoms with Gasteiger partial charge in [-0.25, -0.2) is 0 Å². The van der Waals surface area contributed by atoms with Crippen LogP contribution in [0.4, 0.5) is 0 Å². The molecule has 0 saturated carbocycles. The Morgan fingerprint density at radius 1 is 1.24 bits per heavy atom. The van der Waals surface area contributed by atoms with Crippen LogP contribution in [-0.4, -0.2) is 34.5 Å². The van der Waals surface area contributed by atoms with Crippen LogP contribution in [0.5, 0.6) is 0 Å². The number of aliphatic carboxylic acids is 1. The molecule has 0 spiro atoms. The van der Waals surface area contributed by atoms with E-state index in [0.29, 0.717) is 12.1 Å². The van der Waals surface area contributed by atoms with Gasteiger partial charge in [0, 0.05) is 18.2 Å². The highest BCUT2D eigenvalue weighted by Gasteiger charge is 2.23. The lowest BCUT2D eigenvalue weighted by Crippen LogP contribution is -2.39. The lowest BCUT2D eigenvalue weighted by atomic mass is 9.90. The van der Waals surface area contributed by atoms with Gasteiger partial charge in [-0.1, -0.05) is 6.07 Å². The maximum Gasteiger partial charge on any atom is 0.305 e. The summed E-state index contributed by atoms with van der Waals surface area (Å²) in [5.74, 6) is -0.946. The predicted molar refractivity (Wildman–Crippen MR) is 81.5 cm³/mol. The quantitative estimate of drug-likeness (QED) is 0.906. The van der Waals surface area contributed by atoms with E-state index < -0.39 is 5.97 Å². The van der Waals surface area contributed by atoms with E-state index in [1.54, 1.807) is 11.8 Å². The number of carboxylic acids is 1. The summed E-state index contributed by atoms with van der Waals surface area (Å²) in [6.07, 6.45) is 4.50. The highest BCUT2D eigenvalue weighted by molar-refractivity contribution is 5.95. The van der Waals surface area contributed by atoms with Crippen molar-refractivity contribution in [2.45, 2.75) is 52.0 Å². The Morgan fingerprint density at radius 3 is 2.52 bits per heavy atom. The van der Waals surface area contributed by atoms with Gasteiger partial charge in [-0.3, -0.25) is 9.59 Å². The number of rotatable bonds is 5. The Bertz CT molecular complexity index is 539. The molecule has 1 atom stereocenters. The van der Waals surface area contributed by atoms with Crippen molar-refractivity contribution in [1.82, 2.24) is 4.90 Å². The maximum absolute atomic E-state index is 12.6. The molecule has 1 aliphatic rings. The first-order valence-electron chi connectivity index (χ1n) is 7.67. The van der Waals surface area contributed by atoms with Crippen LogP contribution in [0, 0.1) is 0 Å². The Morgan fingerprint density at radius 2 is 1.90 bits per heavy atom. The van der Waals surface area contributed by atoms with Crippen LogP contribution in [0.2, 0.25) is 0 Å². The molecule has 0 bridgehead atoms. The molecular weight excluding hydrogens is 266 g/mol. The molecule has 4 nitrogen and oxygen atoms in total. The molecule has 1 aliphatic carbocycles. The monoisotopic (exact) mass is 289 g/mol. The second-order valence-corrected chi connectivity index (χ2v) is 5.73. The lowest BCUT2D eigenvalue weighted by molar-refractivity contribution is -0.138. The molecule has 4 heteroatoms. The number of benzene rings is 1. The zero-order chi connectivity index (χ0) is 15.4. The second-order valence-electron chi connectivity index (χ2n) is 5.73. The molecule has 114 valence electrons. The van der Waals surface area contributed by atoms with Crippen molar-refractivity contribution in [2.75, 3.05) is 6.54 Å². The number of hydrogen-bond donors (Lipinski definition) is 1. The second kappa shape index (κ2) is 6.74. The van der Waals surface area contributed by atoms with Crippen molar-refractivity contribution in [1.29, 1.82) is 0 Å². The van der Waals surface area contributed by atoms with Crippen LogP contribution in [-0.2, 0) is 17.6 Å². The van der Waals surface area contributed by atoms with Crippen molar-refractivity contribution in [2.24, 2.45) is 0 Å². The van der Waals surface area contributed by atoms with Gasteiger partial charge in [-0.05, 0) is 62.8 Å². The number of carbonyl (C=O) groups excluding carboxylic acids is 1. The highest BCUT2D eigenvalue weighted by atomic mass is 16.4. The zero-order valence-electron chi connectivity index (χ0n) is 12.8. The molecule has 0 radical (unpaired) electrons. The molecule has 1 aromatic carbocycles. The molecule has 1 unspecified atom stereocenters. The molecule has 0 aliphatic heterocycles. The normalized spacial score (nSPS) is 15.1. The van der Waals surface area contributed by atoms with Crippen molar-refractivity contribution in [3.63, 3.8) is 0 Å². The number of amides is 1. The van der Waals surface area contributed by atoms with Crippen LogP contribution >= 0.6 is 0 Å². The Hall–Kier alpha value is -1.84. The number of carboxylic acid groups (broad SMARTS) is 1. The van der Waals surface area contributed by atoms with E-state index in [1.165, 1.54) is 24.0 Å². The van der Waals surface area contributed by atoms with E-state index in [1.807, 2.05) is 19.1 Å². The fourth-order valence-electron chi connectivity index (χ4n) is 3.05. The molecule has 2 rings (SSSR count). The SMILES string of the molecule is CCN(C(=O)c1ccc2c(c1)CCCC2)C(C)CC(=O)O. The molecule has 0 fully saturated rings. The summed E-state index contributed by atoms with van der Waals surface area (Å²) in [5, 5.41) is 8.90. The minimum absolute atomic E-state index is 0.0233. The average Bonchev–Trinajstić information content (AvgIpc) is 2.46. The molecular formula is C17H23NO3. The van der Waals surface area contributed by atoms with E-state index in [2.05, 4.69) is 6.07 Å². The molecule has 1 aromatic rings. The van der Waals surface area contributed by atoms with Crippen molar-refractivity contribution in [3.05, 3.63) is 34.9 Å². The van der Waals surface area contributed by atoms with Gasteiger partial charge in [0.25, 0.3) is 5.91 Å². The van der Waals surface area contributed by atoms with Gasteiger partial charge in [0.15, 0.2) is 0 Å². The first kappa shape index (κ1) is 15.5. The first-order valence-corrected chi connectivity index (χ1v) is 7.67. The summed E-state index contributed by atoms with van der Waals surface area (Å²) in [4.78, 5) is 25.1. The summed E-state index contributed by atoms with van der Waals surface area (Å²) in [5.41, 5.74) is 3.29. The molecule has 1 N–H and O–H groups in total. The largest absolute Gasteiger partial charge is 0.481 e. The minimum atomic E-state index is -0.876. The van der Waals surface area contributed by atoms with Crippen molar-refractivity contribution in [3.8, 4) is 0 Å². The average molecular weight is 289 g/mol. The van der Waals surface area contributed by atoms with Crippen molar-refractivity contribution < 1.29 is 14.7 Å². The lowest BCUT2D eigenvalue weighted by Gasteiger charge is -2.27. The van der Waals surface area contributed by atoms with Gasteiger partial charge in [-0.15, -0.1) is 0 Å². The third-order valence-electron chi connectivity index (χ3n) is 4.20. The maximum atomic E-state index is 12.6. The smallest absolute Gasteiger partial charge is 0.305 e. The van der Waals surface area contributed by atoms with Crippen molar-refractivity contribution >= 4 is 11.9 Å². The van der Waals surface area contributed by atoms with Crippen LogP contribution < -0.4 is 0 Å². The summed E-state index contributed by atoms with van der Waals surface area (Å²) < 4.78 is 0. The van der Waals surface area contributed by atoms with Crippen LogP contribution in [0.25, 0.3) is 0 Å². The summed E-state index contributed by atoms with van der Waals surface area (Å²) in [7, 11) is 0. The van der Waals surface area contributed by atoms with Crippen LogP contribution in [0.1, 0.15) is 54.6 Å². The van der Waals surface area contributed by atoms with Gasteiger partial charge in [0.2, 0.25) is 0 Å². The van der Waals surface area contributed by atoms with Gasteiger partial charge in [0.1, 0.15) is 0 Å². The topological polar surface area (TPSA) is 57.6 Å². The number of carbonyl (C=O) groups is 2. The third-order valence-corrected chi connectivity index (χ3v) is 4.20. The molecule has 21 heavy (non-hydrogen) atoms. The number of fused-ring (bicyclic) bond motifs is 1. The number of nitrogens with zero attached hydrogens (tertiary/aromatic N) is 1. The van der Waals surface area contributed by atoms with Crippen LogP contribution in [0.15, 0.2) is 18.2 Å². The Labute approximate surface area is 125 Å². The molecule has 0 saturated heterocycles. The van der Waals surface area contributed by atoms with Crippen LogP contribution in [0.3, 0.4) is 0 Å². The summed E-state index contributed by atoms with van der Waals surface area (Å²) in [6.45, 7) is 4.19. The third kappa shape index (κ3) is 3.63. The minimum Gasteiger partial charge on any atom is -0.481 e. The fourth-order valence-corrected chi connectivity index (χ4v) is 3.05. The summed E-state index contributed by atoms with van der Waals surface area (Å²) in [6, 6.07) is 5.63. The fraction of sp³-hybridized carbons (Fsp3) is 0.529. The van der Waals surface area contributed by atoms with Gasteiger partial charge < -0.3 is 10.0 Å². The standard InChI is InChI=1S/C17H23NO3/c1-3-18(12(2)10-16(19)20)17(21)15-9-8-13-6-4-5-7-14(13)11-15/h8-9,11-12H,3-7,10H2,1-2H3,(H,19,20).